The first-order valence-electron chi connectivity index (χ1n) is 8.62. The fraction of sp³-hybridized carbons (Fsp3) is 0.300. The first-order valence-corrected chi connectivity index (χ1v) is 9.38. The van der Waals surface area contributed by atoms with E-state index in [2.05, 4.69) is 5.32 Å². The lowest BCUT2D eigenvalue weighted by Crippen LogP contribution is -2.43. The summed E-state index contributed by atoms with van der Waals surface area (Å²) in [6.07, 6.45) is 1.35. The van der Waals surface area contributed by atoms with Crippen LogP contribution >= 0.6 is 23.2 Å². The summed E-state index contributed by atoms with van der Waals surface area (Å²) in [6.45, 7) is 2.39. The van der Waals surface area contributed by atoms with E-state index in [4.69, 9.17) is 27.9 Å². The van der Waals surface area contributed by atoms with Crippen molar-refractivity contribution in [2.24, 2.45) is 0 Å². The van der Waals surface area contributed by atoms with Crippen LogP contribution in [-0.4, -0.2) is 36.4 Å². The van der Waals surface area contributed by atoms with Crippen LogP contribution in [-0.2, 0) is 4.79 Å². The molecule has 2 aromatic rings. The molecule has 7 heteroatoms. The summed E-state index contributed by atoms with van der Waals surface area (Å²) in [5, 5.41) is 3.87. The maximum atomic E-state index is 13.1. The molecule has 1 saturated heterocycles. The molecule has 1 atom stereocenters. The number of benzene rings is 2. The smallest absolute Gasteiger partial charge is 0.258 e. The molecule has 0 aromatic heterocycles. The molecule has 0 spiro atoms. The Morgan fingerprint density at radius 2 is 1.85 bits per heavy atom. The minimum Gasteiger partial charge on any atom is -0.496 e. The number of nitrogens with one attached hydrogen (secondary N) is 1. The lowest BCUT2D eigenvalue weighted by atomic mass is 10.1. The van der Waals surface area contributed by atoms with Crippen LogP contribution in [0.15, 0.2) is 36.4 Å². The quantitative estimate of drug-likeness (QED) is 0.809. The van der Waals surface area contributed by atoms with Gasteiger partial charge in [-0.3, -0.25) is 9.59 Å². The van der Waals surface area contributed by atoms with Crippen molar-refractivity contribution in [3.8, 4) is 5.75 Å². The Labute approximate surface area is 168 Å². The number of carbonyl (C=O) groups excluding carboxylic acids is 2. The van der Waals surface area contributed by atoms with E-state index in [-0.39, 0.29) is 11.8 Å². The van der Waals surface area contributed by atoms with Gasteiger partial charge in [0.1, 0.15) is 11.8 Å². The molecule has 2 amide bonds. The van der Waals surface area contributed by atoms with E-state index < -0.39 is 6.04 Å². The zero-order chi connectivity index (χ0) is 19.6. The Balaban J connectivity index is 1.82. The number of ether oxygens (including phenoxy) is 1. The van der Waals surface area contributed by atoms with E-state index in [0.717, 1.165) is 12.0 Å². The van der Waals surface area contributed by atoms with E-state index >= 15 is 0 Å². The van der Waals surface area contributed by atoms with Crippen molar-refractivity contribution in [3.63, 3.8) is 0 Å². The van der Waals surface area contributed by atoms with Crippen molar-refractivity contribution in [2.45, 2.75) is 25.8 Å². The van der Waals surface area contributed by atoms with Gasteiger partial charge in [0.05, 0.1) is 12.7 Å². The summed E-state index contributed by atoms with van der Waals surface area (Å²) >= 11 is 12.1. The van der Waals surface area contributed by atoms with E-state index in [0.29, 0.717) is 40.0 Å². The second-order valence-electron chi connectivity index (χ2n) is 6.45. The van der Waals surface area contributed by atoms with Gasteiger partial charge in [-0.2, -0.15) is 0 Å². The van der Waals surface area contributed by atoms with Crippen LogP contribution in [0, 0.1) is 6.92 Å². The molecule has 27 heavy (non-hydrogen) atoms. The molecule has 5 nitrogen and oxygen atoms in total. The zero-order valence-corrected chi connectivity index (χ0v) is 16.6. The molecule has 0 aliphatic carbocycles. The van der Waals surface area contributed by atoms with Crippen LogP contribution in [0.1, 0.15) is 28.8 Å². The van der Waals surface area contributed by atoms with Crippen molar-refractivity contribution < 1.29 is 14.3 Å². The van der Waals surface area contributed by atoms with Crippen molar-refractivity contribution in [1.29, 1.82) is 0 Å². The Morgan fingerprint density at radius 3 is 2.59 bits per heavy atom. The summed E-state index contributed by atoms with van der Waals surface area (Å²) in [5.74, 6) is -0.0665. The van der Waals surface area contributed by atoms with Crippen LogP contribution in [0.5, 0.6) is 5.75 Å². The first-order chi connectivity index (χ1) is 12.9. The normalized spacial score (nSPS) is 16.3. The number of hydrogen-bond donors (Lipinski definition) is 1. The number of methoxy groups -OCH3 is 1. The molecule has 1 fully saturated rings. The highest BCUT2D eigenvalue weighted by atomic mass is 35.5. The molecule has 142 valence electrons. The van der Waals surface area contributed by atoms with Crippen LogP contribution in [0.3, 0.4) is 0 Å². The number of carbonyl (C=O) groups is 2. The van der Waals surface area contributed by atoms with Gasteiger partial charge in [0.15, 0.2) is 0 Å². The predicted molar refractivity (Wildman–Crippen MR) is 107 cm³/mol. The molecule has 3 rings (SSSR count). The molecule has 0 radical (unpaired) electrons. The summed E-state index contributed by atoms with van der Waals surface area (Å²) in [4.78, 5) is 27.5. The summed E-state index contributed by atoms with van der Waals surface area (Å²) in [7, 11) is 1.50. The van der Waals surface area contributed by atoms with Gasteiger partial charge in [-0.1, -0.05) is 29.3 Å². The molecule has 1 heterocycles. The lowest BCUT2D eigenvalue weighted by molar-refractivity contribution is -0.119. The number of rotatable bonds is 4. The van der Waals surface area contributed by atoms with E-state index in [1.165, 1.54) is 7.11 Å². The lowest BCUT2D eigenvalue weighted by Gasteiger charge is -2.25. The van der Waals surface area contributed by atoms with Gasteiger partial charge in [0, 0.05) is 22.3 Å². The van der Waals surface area contributed by atoms with E-state index in [9.17, 15) is 9.59 Å². The highest BCUT2D eigenvalue weighted by Crippen LogP contribution is 2.29. The molecule has 1 aliphatic heterocycles. The number of likely N-dealkylation sites (tertiary alicyclic amines) is 1. The van der Waals surface area contributed by atoms with Gasteiger partial charge in [0.25, 0.3) is 5.91 Å². The maximum Gasteiger partial charge on any atom is 0.258 e. The molecule has 0 bridgehead atoms. The number of amides is 2. The largest absolute Gasteiger partial charge is 0.496 e. The number of anilines is 1. The van der Waals surface area contributed by atoms with Gasteiger partial charge in [0.2, 0.25) is 5.91 Å². The second kappa shape index (κ2) is 8.19. The molecule has 2 aromatic carbocycles. The Kier molecular flexibility index (Phi) is 5.92. The fourth-order valence-corrected chi connectivity index (χ4v) is 3.57. The highest BCUT2D eigenvalue weighted by molar-refractivity contribution is 6.31. The number of halogens is 2. The van der Waals surface area contributed by atoms with Gasteiger partial charge < -0.3 is 15.0 Å². The Hall–Kier alpha value is -2.24. The second-order valence-corrected chi connectivity index (χ2v) is 7.32. The number of aryl methyl sites for hydroxylation is 1. The maximum absolute atomic E-state index is 13.1. The monoisotopic (exact) mass is 406 g/mol. The van der Waals surface area contributed by atoms with Crippen molar-refractivity contribution in [2.75, 3.05) is 19.0 Å². The topological polar surface area (TPSA) is 58.6 Å². The predicted octanol–water partition coefficient (Wildman–Crippen LogP) is 4.55. The summed E-state index contributed by atoms with van der Waals surface area (Å²) < 4.78 is 5.28. The third kappa shape index (κ3) is 4.20. The molecule has 0 unspecified atom stereocenters. The van der Waals surface area contributed by atoms with Crippen molar-refractivity contribution in [1.82, 2.24) is 4.90 Å². The SMILES string of the molecule is COc1ccc(Cl)cc1C(=O)N1CCC[C@@H]1C(=O)Nc1cc(Cl)ccc1C. The molecule has 0 saturated carbocycles. The summed E-state index contributed by atoms with van der Waals surface area (Å²) in [6, 6.07) is 9.63. The molecule has 1 N–H and O–H groups in total. The minimum atomic E-state index is -0.556. The molecular formula is C20H20Cl2N2O3. The van der Waals surface area contributed by atoms with Gasteiger partial charge in [-0.25, -0.2) is 0 Å². The summed E-state index contributed by atoms with van der Waals surface area (Å²) in [5.41, 5.74) is 1.90. The van der Waals surface area contributed by atoms with Gasteiger partial charge >= 0.3 is 0 Å². The zero-order valence-electron chi connectivity index (χ0n) is 15.1. The number of nitrogens with zero attached hydrogens (tertiary/aromatic N) is 1. The third-order valence-electron chi connectivity index (χ3n) is 4.67. The van der Waals surface area contributed by atoms with E-state index in [1.807, 2.05) is 13.0 Å². The highest BCUT2D eigenvalue weighted by Gasteiger charge is 2.35. The minimum absolute atomic E-state index is 0.229. The van der Waals surface area contributed by atoms with Crippen LogP contribution in [0.4, 0.5) is 5.69 Å². The van der Waals surface area contributed by atoms with Crippen molar-refractivity contribution >= 4 is 40.7 Å². The van der Waals surface area contributed by atoms with Gasteiger partial charge in [-0.15, -0.1) is 0 Å². The van der Waals surface area contributed by atoms with Crippen LogP contribution in [0.25, 0.3) is 0 Å². The van der Waals surface area contributed by atoms with Crippen LogP contribution in [0.2, 0.25) is 10.0 Å². The Morgan fingerprint density at radius 1 is 1.15 bits per heavy atom. The van der Waals surface area contributed by atoms with Crippen LogP contribution < -0.4 is 10.1 Å². The number of hydrogen-bond acceptors (Lipinski definition) is 3. The molecular weight excluding hydrogens is 387 g/mol. The fourth-order valence-electron chi connectivity index (χ4n) is 3.23. The average Bonchev–Trinajstić information content (AvgIpc) is 3.14. The Bertz CT molecular complexity index is 886. The van der Waals surface area contributed by atoms with Crippen molar-refractivity contribution in [3.05, 3.63) is 57.6 Å². The van der Waals surface area contributed by atoms with Gasteiger partial charge in [-0.05, 0) is 55.7 Å². The van der Waals surface area contributed by atoms with E-state index in [1.54, 1.807) is 35.2 Å². The standard InChI is InChI=1S/C20H20Cl2N2O3/c1-12-5-6-14(22)11-16(12)23-19(25)17-4-3-9-24(17)20(26)15-10-13(21)7-8-18(15)27-2/h5-8,10-11,17H,3-4,9H2,1-2H3,(H,23,25)/t17-/m1/s1. The average molecular weight is 407 g/mol. The molecule has 1 aliphatic rings. The third-order valence-corrected chi connectivity index (χ3v) is 5.14. The first kappa shape index (κ1) is 19.5.